The molecule has 0 aromatic rings. The van der Waals surface area contributed by atoms with Gasteiger partial charge < -0.3 is 5.11 Å². The van der Waals surface area contributed by atoms with E-state index in [1.807, 2.05) is 0 Å². The van der Waals surface area contributed by atoms with E-state index in [-0.39, 0.29) is 6.10 Å². The van der Waals surface area contributed by atoms with Gasteiger partial charge in [-0.05, 0) is 25.2 Å². The highest BCUT2D eigenvalue weighted by Crippen LogP contribution is 2.32. The van der Waals surface area contributed by atoms with Gasteiger partial charge in [0.25, 0.3) is 0 Å². The number of likely N-dealkylation sites (tertiary alicyclic amines) is 1. The van der Waals surface area contributed by atoms with Crippen molar-refractivity contribution in [3.63, 3.8) is 0 Å². The monoisotopic (exact) mass is 197 g/mol. The van der Waals surface area contributed by atoms with Gasteiger partial charge in [0.2, 0.25) is 0 Å². The lowest BCUT2D eigenvalue weighted by Gasteiger charge is -2.37. The van der Waals surface area contributed by atoms with Crippen LogP contribution in [-0.4, -0.2) is 35.2 Å². The predicted octanol–water partition coefficient (Wildman–Crippen LogP) is 2.02. The SMILES string of the molecule is CCC1CCCCC1N1CC[C@H](O)C1. The smallest absolute Gasteiger partial charge is 0.0679 e. The maximum Gasteiger partial charge on any atom is 0.0679 e. The normalized spacial score (nSPS) is 40.3. The van der Waals surface area contributed by atoms with E-state index in [0.717, 1.165) is 31.5 Å². The second-order valence-electron chi connectivity index (χ2n) is 4.96. The molecule has 0 radical (unpaired) electrons. The summed E-state index contributed by atoms with van der Waals surface area (Å²) < 4.78 is 0. The van der Waals surface area contributed by atoms with Crippen molar-refractivity contribution in [2.75, 3.05) is 13.1 Å². The third-order valence-electron chi connectivity index (χ3n) is 4.06. The van der Waals surface area contributed by atoms with Crippen LogP contribution in [0, 0.1) is 5.92 Å². The fourth-order valence-corrected chi connectivity index (χ4v) is 3.21. The molecule has 1 aliphatic carbocycles. The molecule has 2 fully saturated rings. The molecule has 2 aliphatic rings. The second-order valence-corrected chi connectivity index (χ2v) is 4.96. The molecule has 0 bridgehead atoms. The lowest BCUT2D eigenvalue weighted by molar-refractivity contribution is 0.103. The Morgan fingerprint density at radius 3 is 2.64 bits per heavy atom. The van der Waals surface area contributed by atoms with Crippen LogP contribution >= 0.6 is 0 Å². The van der Waals surface area contributed by atoms with Crippen LogP contribution in [0.4, 0.5) is 0 Å². The van der Waals surface area contributed by atoms with Crippen molar-refractivity contribution in [2.45, 2.75) is 57.6 Å². The lowest BCUT2D eigenvalue weighted by atomic mass is 9.82. The summed E-state index contributed by atoms with van der Waals surface area (Å²) in [6.45, 7) is 4.37. The topological polar surface area (TPSA) is 23.5 Å². The van der Waals surface area contributed by atoms with Crippen molar-refractivity contribution < 1.29 is 5.11 Å². The third kappa shape index (κ3) is 2.12. The molecule has 1 N–H and O–H groups in total. The summed E-state index contributed by atoms with van der Waals surface area (Å²) in [6.07, 6.45) is 7.86. The Morgan fingerprint density at radius 2 is 2.00 bits per heavy atom. The maximum atomic E-state index is 9.55. The Hall–Kier alpha value is -0.0800. The van der Waals surface area contributed by atoms with Crippen molar-refractivity contribution in [2.24, 2.45) is 5.92 Å². The Morgan fingerprint density at radius 1 is 1.21 bits per heavy atom. The lowest BCUT2D eigenvalue weighted by Crippen LogP contribution is -2.41. The molecule has 0 amide bonds. The van der Waals surface area contributed by atoms with Gasteiger partial charge in [0.1, 0.15) is 0 Å². The minimum absolute atomic E-state index is 0.0468. The van der Waals surface area contributed by atoms with E-state index in [1.165, 1.54) is 32.1 Å². The Kier molecular flexibility index (Phi) is 3.45. The van der Waals surface area contributed by atoms with E-state index < -0.39 is 0 Å². The van der Waals surface area contributed by atoms with Crippen LogP contribution < -0.4 is 0 Å². The molecule has 1 aliphatic heterocycles. The minimum Gasteiger partial charge on any atom is -0.392 e. The number of hydrogen-bond donors (Lipinski definition) is 1. The summed E-state index contributed by atoms with van der Waals surface area (Å²) in [5.41, 5.74) is 0. The Balaban J connectivity index is 1.93. The fourth-order valence-electron chi connectivity index (χ4n) is 3.21. The van der Waals surface area contributed by atoms with Gasteiger partial charge >= 0.3 is 0 Å². The summed E-state index contributed by atoms with van der Waals surface area (Å²) >= 11 is 0. The number of nitrogens with zero attached hydrogens (tertiary/aromatic N) is 1. The van der Waals surface area contributed by atoms with Gasteiger partial charge in [-0.3, -0.25) is 4.90 Å². The average molecular weight is 197 g/mol. The van der Waals surface area contributed by atoms with Crippen molar-refractivity contribution in [1.82, 2.24) is 4.90 Å². The van der Waals surface area contributed by atoms with Crippen LogP contribution in [0.1, 0.15) is 45.4 Å². The zero-order valence-corrected chi connectivity index (χ0v) is 9.28. The molecule has 2 unspecified atom stereocenters. The van der Waals surface area contributed by atoms with Gasteiger partial charge in [-0.25, -0.2) is 0 Å². The molecular weight excluding hydrogens is 174 g/mol. The molecule has 2 rings (SSSR count). The molecule has 1 saturated heterocycles. The van der Waals surface area contributed by atoms with Crippen molar-refractivity contribution in [1.29, 1.82) is 0 Å². The maximum absolute atomic E-state index is 9.55. The van der Waals surface area contributed by atoms with Crippen LogP contribution in [-0.2, 0) is 0 Å². The van der Waals surface area contributed by atoms with E-state index in [2.05, 4.69) is 11.8 Å². The van der Waals surface area contributed by atoms with Crippen LogP contribution in [0.2, 0.25) is 0 Å². The number of aliphatic hydroxyl groups is 1. The number of hydrogen-bond acceptors (Lipinski definition) is 2. The molecule has 82 valence electrons. The van der Waals surface area contributed by atoms with E-state index in [4.69, 9.17) is 0 Å². The van der Waals surface area contributed by atoms with E-state index in [1.54, 1.807) is 0 Å². The van der Waals surface area contributed by atoms with E-state index in [0.29, 0.717) is 0 Å². The summed E-state index contributed by atoms with van der Waals surface area (Å²) in [5.74, 6) is 0.897. The Bertz CT molecular complexity index is 183. The first-order chi connectivity index (χ1) is 6.81. The summed E-state index contributed by atoms with van der Waals surface area (Å²) in [6, 6.07) is 0.783. The van der Waals surface area contributed by atoms with E-state index in [9.17, 15) is 5.11 Å². The van der Waals surface area contributed by atoms with Gasteiger partial charge in [-0.2, -0.15) is 0 Å². The largest absolute Gasteiger partial charge is 0.392 e. The predicted molar refractivity (Wildman–Crippen MR) is 58.2 cm³/mol. The first-order valence-electron chi connectivity index (χ1n) is 6.23. The number of rotatable bonds is 2. The first kappa shape index (κ1) is 10.4. The molecular formula is C12H23NO. The van der Waals surface area contributed by atoms with Gasteiger partial charge in [0.15, 0.2) is 0 Å². The van der Waals surface area contributed by atoms with Crippen molar-refractivity contribution >= 4 is 0 Å². The summed E-state index contributed by atoms with van der Waals surface area (Å²) in [5, 5.41) is 9.55. The minimum atomic E-state index is -0.0468. The number of aliphatic hydroxyl groups excluding tert-OH is 1. The van der Waals surface area contributed by atoms with Crippen molar-refractivity contribution in [3.05, 3.63) is 0 Å². The molecule has 0 spiro atoms. The molecule has 1 heterocycles. The highest BCUT2D eigenvalue weighted by atomic mass is 16.3. The van der Waals surface area contributed by atoms with Crippen LogP contribution in [0.3, 0.4) is 0 Å². The highest BCUT2D eigenvalue weighted by molar-refractivity contribution is 4.87. The van der Waals surface area contributed by atoms with Gasteiger partial charge in [-0.1, -0.05) is 26.2 Å². The average Bonchev–Trinajstić information content (AvgIpc) is 2.65. The van der Waals surface area contributed by atoms with Gasteiger partial charge in [-0.15, -0.1) is 0 Å². The zero-order valence-electron chi connectivity index (χ0n) is 9.28. The number of β-amino-alcohol motifs (C(OH)–C–C–N with tert-alkyl or cyclic N) is 1. The second kappa shape index (κ2) is 4.63. The molecule has 3 atom stereocenters. The van der Waals surface area contributed by atoms with Gasteiger partial charge in [0.05, 0.1) is 6.10 Å². The standard InChI is InChI=1S/C12H23NO/c1-2-10-5-3-4-6-12(10)13-8-7-11(14)9-13/h10-12,14H,2-9H2,1H3/t10?,11-,12?/m0/s1. The molecule has 14 heavy (non-hydrogen) atoms. The molecule has 0 aromatic carbocycles. The summed E-state index contributed by atoms with van der Waals surface area (Å²) in [4.78, 5) is 2.54. The Labute approximate surface area is 87.3 Å². The quantitative estimate of drug-likeness (QED) is 0.732. The van der Waals surface area contributed by atoms with Crippen LogP contribution in [0.5, 0.6) is 0 Å². The van der Waals surface area contributed by atoms with Crippen LogP contribution in [0.15, 0.2) is 0 Å². The van der Waals surface area contributed by atoms with Crippen molar-refractivity contribution in [3.8, 4) is 0 Å². The van der Waals surface area contributed by atoms with Crippen LogP contribution in [0.25, 0.3) is 0 Å². The molecule has 2 nitrogen and oxygen atoms in total. The van der Waals surface area contributed by atoms with E-state index >= 15 is 0 Å². The van der Waals surface area contributed by atoms with Gasteiger partial charge in [0, 0.05) is 19.1 Å². The molecule has 1 saturated carbocycles. The fraction of sp³-hybridized carbons (Fsp3) is 1.00. The molecule has 2 heteroatoms. The summed E-state index contributed by atoms with van der Waals surface area (Å²) in [7, 11) is 0. The zero-order chi connectivity index (χ0) is 9.97. The highest BCUT2D eigenvalue weighted by Gasteiger charge is 2.32. The molecule has 0 aromatic heterocycles. The third-order valence-corrected chi connectivity index (χ3v) is 4.06. The first-order valence-corrected chi connectivity index (χ1v) is 6.23.